The summed E-state index contributed by atoms with van der Waals surface area (Å²) in [6.07, 6.45) is 9.01. The van der Waals surface area contributed by atoms with Crippen molar-refractivity contribution in [3.8, 4) is 0 Å². The minimum absolute atomic E-state index is 0.0550. The molecule has 0 heterocycles. The number of ether oxygens (including phenoxy) is 1. The van der Waals surface area contributed by atoms with E-state index in [1.54, 1.807) is 12.2 Å². The lowest BCUT2D eigenvalue weighted by molar-refractivity contribution is -0.134. The van der Waals surface area contributed by atoms with Crippen molar-refractivity contribution in [1.82, 2.24) is 5.32 Å². The molecule has 1 aromatic carbocycles. The molecule has 0 radical (unpaired) electrons. The SMILES string of the molecule is CC1=CC(=O)C=C(C)C1(NC(=O)Cc1ccc(C)cc1)OC1CCCCC1. The van der Waals surface area contributed by atoms with Crippen molar-refractivity contribution in [2.45, 2.75) is 71.1 Å². The van der Waals surface area contributed by atoms with Gasteiger partial charge in [-0.15, -0.1) is 0 Å². The summed E-state index contributed by atoms with van der Waals surface area (Å²) in [4.78, 5) is 24.8. The second-order valence-electron chi connectivity index (χ2n) is 7.83. The number of rotatable bonds is 5. The van der Waals surface area contributed by atoms with Gasteiger partial charge in [-0.1, -0.05) is 49.1 Å². The first-order valence-electron chi connectivity index (χ1n) is 9.85. The number of benzene rings is 1. The summed E-state index contributed by atoms with van der Waals surface area (Å²) >= 11 is 0. The van der Waals surface area contributed by atoms with Crippen molar-refractivity contribution in [2.24, 2.45) is 0 Å². The Hall–Kier alpha value is -2.20. The molecule has 1 saturated carbocycles. The maximum atomic E-state index is 12.9. The van der Waals surface area contributed by atoms with Crippen LogP contribution in [0.4, 0.5) is 0 Å². The smallest absolute Gasteiger partial charge is 0.227 e. The molecular formula is C23H29NO3. The largest absolute Gasteiger partial charge is 0.345 e. The van der Waals surface area contributed by atoms with E-state index in [9.17, 15) is 9.59 Å². The van der Waals surface area contributed by atoms with Gasteiger partial charge in [0.05, 0.1) is 12.5 Å². The van der Waals surface area contributed by atoms with Gasteiger partial charge in [0.2, 0.25) is 5.91 Å². The normalized spacial score (nSPS) is 20.0. The molecule has 0 aliphatic heterocycles. The predicted octanol–water partition coefficient (Wildman–Crippen LogP) is 4.17. The van der Waals surface area contributed by atoms with Crippen LogP contribution in [0.1, 0.15) is 57.1 Å². The number of aryl methyl sites for hydroxylation is 1. The number of allylic oxidation sites excluding steroid dienone is 2. The summed E-state index contributed by atoms with van der Waals surface area (Å²) in [5.41, 5.74) is 2.60. The monoisotopic (exact) mass is 367 g/mol. The topological polar surface area (TPSA) is 55.4 Å². The Labute approximate surface area is 161 Å². The second-order valence-corrected chi connectivity index (χ2v) is 7.83. The van der Waals surface area contributed by atoms with Crippen molar-refractivity contribution in [2.75, 3.05) is 0 Å². The predicted molar refractivity (Wildman–Crippen MR) is 106 cm³/mol. The molecule has 4 nitrogen and oxygen atoms in total. The van der Waals surface area contributed by atoms with Crippen LogP contribution in [0.15, 0.2) is 47.6 Å². The number of amides is 1. The van der Waals surface area contributed by atoms with Gasteiger partial charge in [0.1, 0.15) is 0 Å². The molecule has 3 rings (SSSR count). The fourth-order valence-electron chi connectivity index (χ4n) is 3.96. The standard InChI is InChI=1S/C23H29NO3/c1-16-9-11-19(12-10-16)15-22(26)24-23(27-21-7-5-4-6-8-21)17(2)13-20(25)14-18(23)3/h9-14,21H,4-8,15H2,1-3H3,(H,24,26). The molecule has 1 fully saturated rings. The second kappa shape index (κ2) is 8.22. The van der Waals surface area contributed by atoms with E-state index in [1.165, 1.54) is 12.0 Å². The molecule has 1 N–H and O–H groups in total. The van der Waals surface area contributed by atoms with Gasteiger partial charge in [-0.2, -0.15) is 0 Å². The van der Waals surface area contributed by atoms with Crippen molar-refractivity contribution in [3.63, 3.8) is 0 Å². The zero-order chi connectivity index (χ0) is 19.4. The summed E-state index contributed by atoms with van der Waals surface area (Å²) in [7, 11) is 0. The average Bonchev–Trinajstić information content (AvgIpc) is 2.62. The van der Waals surface area contributed by atoms with Gasteiger partial charge in [0, 0.05) is 0 Å². The zero-order valence-corrected chi connectivity index (χ0v) is 16.5. The van der Waals surface area contributed by atoms with Gasteiger partial charge in [0.15, 0.2) is 11.5 Å². The third-order valence-corrected chi connectivity index (χ3v) is 5.52. The number of ketones is 1. The first-order valence-corrected chi connectivity index (χ1v) is 9.85. The number of carbonyl (C=O) groups excluding carboxylic acids is 2. The van der Waals surface area contributed by atoms with E-state index >= 15 is 0 Å². The van der Waals surface area contributed by atoms with Crippen LogP contribution in [0.25, 0.3) is 0 Å². The summed E-state index contributed by atoms with van der Waals surface area (Å²) in [6.45, 7) is 5.75. The van der Waals surface area contributed by atoms with E-state index in [1.807, 2.05) is 45.0 Å². The van der Waals surface area contributed by atoms with Crippen LogP contribution in [0, 0.1) is 6.92 Å². The molecule has 0 bridgehead atoms. The number of nitrogens with one attached hydrogen (secondary N) is 1. The summed E-state index contributed by atoms with van der Waals surface area (Å²) in [5, 5.41) is 3.11. The van der Waals surface area contributed by atoms with Crippen LogP contribution in [0.5, 0.6) is 0 Å². The van der Waals surface area contributed by atoms with Crippen LogP contribution >= 0.6 is 0 Å². The molecule has 144 valence electrons. The van der Waals surface area contributed by atoms with Gasteiger partial charge in [-0.05, 0) is 62.5 Å². The molecule has 0 saturated heterocycles. The molecule has 2 aliphatic rings. The first-order chi connectivity index (χ1) is 12.9. The van der Waals surface area contributed by atoms with Gasteiger partial charge in [0.25, 0.3) is 0 Å². The highest BCUT2D eigenvalue weighted by Crippen LogP contribution is 2.35. The highest BCUT2D eigenvalue weighted by molar-refractivity contribution is 6.02. The maximum absolute atomic E-state index is 12.9. The molecule has 4 heteroatoms. The minimum Gasteiger partial charge on any atom is -0.345 e. The van der Waals surface area contributed by atoms with E-state index in [0.29, 0.717) is 0 Å². The molecule has 1 amide bonds. The van der Waals surface area contributed by atoms with E-state index in [0.717, 1.165) is 42.4 Å². The lowest BCUT2D eigenvalue weighted by Gasteiger charge is -2.42. The molecular weight excluding hydrogens is 338 g/mol. The number of hydrogen-bond acceptors (Lipinski definition) is 3. The van der Waals surface area contributed by atoms with Crippen LogP contribution < -0.4 is 5.32 Å². The van der Waals surface area contributed by atoms with Crippen LogP contribution in [0.3, 0.4) is 0 Å². The molecule has 0 unspecified atom stereocenters. The van der Waals surface area contributed by atoms with Crippen molar-refractivity contribution >= 4 is 11.7 Å². The fraction of sp³-hybridized carbons (Fsp3) is 0.478. The fourth-order valence-corrected chi connectivity index (χ4v) is 3.96. The Morgan fingerprint density at radius 3 is 2.22 bits per heavy atom. The third-order valence-electron chi connectivity index (χ3n) is 5.52. The zero-order valence-electron chi connectivity index (χ0n) is 16.5. The van der Waals surface area contributed by atoms with Crippen LogP contribution in [-0.2, 0) is 20.7 Å². The highest BCUT2D eigenvalue weighted by atomic mass is 16.5. The Bertz CT molecular complexity index is 745. The Morgan fingerprint density at radius 2 is 1.63 bits per heavy atom. The van der Waals surface area contributed by atoms with Crippen molar-refractivity contribution in [1.29, 1.82) is 0 Å². The third kappa shape index (κ3) is 4.56. The Kier molecular flexibility index (Phi) is 5.95. The first kappa shape index (κ1) is 19.6. The lowest BCUT2D eigenvalue weighted by atomic mass is 9.88. The number of hydrogen-bond donors (Lipinski definition) is 1. The average molecular weight is 367 g/mol. The summed E-state index contributed by atoms with van der Waals surface area (Å²) in [6, 6.07) is 7.96. The van der Waals surface area contributed by atoms with Crippen molar-refractivity contribution in [3.05, 3.63) is 58.7 Å². The lowest BCUT2D eigenvalue weighted by Crippen LogP contribution is -2.56. The quantitative estimate of drug-likeness (QED) is 0.795. The van der Waals surface area contributed by atoms with Crippen LogP contribution in [0.2, 0.25) is 0 Å². The summed E-state index contributed by atoms with van der Waals surface area (Å²) < 4.78 is 6.50. The molecule has 0 spiro atoms. The molecule has 0 aromatic heterocycles. The van der Waals surface area contributed by atoms with E-state index in [-0.39, 0.29) is 24.2 Å². The van der Waals surface area contributed by atoms with E-state index < -0.39 is 5.72 Å². The summed E-state index contributed by atoms with van der Waals surface area (Å²) in [5.74, 6) is -0.162. The molecule has 0 atom stereocenters. The molecule has 2 aliphatic carbocycles. The van der Waals surface area contributed by atoms with Gasteiger partial charge in [-0.25, -0.2) is 0 Å². The van der Waals surface area contributed by atoms with E-state index in [4.69, 9.17) is 4.74 Å². The molecule has 27 heavy (non-hydrogen) atoms. The Balaban J connectivity index is 1.82. The van der Waals surface area contributed by atoms with Crippen LogP contribution in [-0.4, -0.2) is 23.5 Å². The molecule has 1 aromatic rings. The van der Waals surface area contributed by atoms with Gasteiger partial charge >= 0.3 is 0 Å². The van der Waals surface area contributed by atoms with E-state index in [2.05, 4.69) is 5.32 Å². The maximum Gasteiger partial charge on any atom is 0.227 e. The van der Waals surface area contributed by atoms with Gasteiger partial charge in [-0.3, -0.25) is 9.59 Å². The minimum atomic E-state index is -1.02. The highest BCUT2D eigenvalue weighted by Gasteiger charge is 2.41. The number of carbonyl (C=O) groups is 2. The Morgan fingerprint density at radius 1 is 1.04 bits per heavy atom. The van der Waals surface area contributed by atoms with Gasteiger partial charge < -0.3 is 10.1 Å². The van der Waals surface area contributed by atoms with Crippen molar-refractivity contribution < 1.29 is 14.3 Å².